The Morgan fingerprint density at radius 1 is 0.864 bits per heavy atom. The summed E-state index contributed by atoms with van der Waals surface area (Å²) in [7, 11) is -3.37. The number of sulfonamides is 1. The molecular weight excluding hydrogens is 296 g/mol. The van der Waals surface area contributed by atoms with Gasteiger partial charge in [-0.1, -0.05) is 30.3 Å². The SMILES string of the molecule is Cc1cccc(N2CCN(S(=O)(=O)c3ccccc3)CC2)c1. The van der Waals surface area contributed by atoms with Gasteiger partial charge in [0.2, 0.25) is 10.0 Å². The molecule has 0 aromatic heterocycles. The van der Waals surface area contributed by atoms with Gasteiger partial charge in [0, 0.05) is 31.9 Å². The minimum absolute atomic E-state index is 0.374. The zero-order chi connectivity index (χ0) is 15.6. The molecule has 116 valence electrons. The number of anilines is 1. The number of piperazine rings is 1. The van der Waals surface area contributed by atoms with Gasteiger partial charge >= 0.3 is 0 Å². The molecule has 2 aromatic carbocycles. The van der Waals surface area contributed by atoms with E-state index in [0.717, 1.165) is 18.8 Å². The number of hydrogen-bond donors (Lipinski definition) is 0. The van der Waals surface area contributed by atoms with Gasteiger partial charge in [-0.05, 0) is 36.8 Å². The highest BCUT2D eigenvalue weighted by Gasteiger charge is 2.28. The van der Waals surface area contributed by atoms with Gasteiger partial charge in [0.25, 0.3) is 0 Å². The van der Waals surface area contributed by atoms with Gasteiger partial charge in [0.1, 0.15) is 0 Å². The maximum atomic E-state index is 12.6. The molecule has 0 aliphatic carbocycles. The highest BCUT2D eigenvalue weighted by molar-refractivity contribution is 7.89. The molecule has 5 heteroatoms. The van der Waals surface area contributed by atoms with Crippen LogP contribution in [0.3, 0.4) is 0 Å². The Morgan fingerprint density at radius 3 is 2.18 bits per heavy atom. The molecule has 1 aliphatic heterocycles. The fourth-order valence-corrected chi connectivity index (χ4v) is 4.20. The van der Waals surface area contributed by atoms with Crippen molar-refractivity contribution in [1.29, 1.82) is 0 Å². The van der Waals surface area contributed by atoms with Crippen LogP contribution in [0.2, 0.25) is 0 Å². The molecule has 0 spiro atoms. The van der Waals surface area contributed by atoms with Crippen LogP contribution in [0.4, 0.5) is 5.69 Å². The maximum Gasteiger partial charge on any atom is 0.243 e. The summed E-state index contributed by atoms with van der Waals surface area (Å²) in [6.07, 6.45) is 0. The van der Waals surface area contributed by atoms with E-state index in [1.165, 1.54) is 5.56 Å². The molecule has 3 rings (SSSR count). The first kappa shape index (κ1) is 15.1. The van der Waals surface area contributed by atoms with Crippen molar-refractivity contribution >= 4 is 15.7 Å². The lowest BCUT2D eigenvalue weighted by molar-refractivity contribution is 0.385. The summed E-state index contributed by atoms with van der Waals surface area (Å²) < 4.78 is 26.8. The van der Waals surface area contributed by atoms with E-state index in [2.05, 4.69) is 30.0 Å². The molecule has 0 saturated carbocycles. The summed E-state index contributed by atoms with van der Waals surface area (Å²) in [5.74, 6) is 0. The van der Waals surface area contributed by atoms with Gasteiger partial charge in [-0.15, -0.1) is 0 Å². The molecule has 0 amide bonds. The molecule has 2 aromatic rings. The van der Waals surface area contributed by atoms with Crippen molar-refractivity contribution in [3.05, 3.63) is 60.2 Å². The Hall–Kier alpha value is -1.85. The lowest BCUT2D eigenvalue weighted by atomic mass is 10.2. The minimum atomic E-state index is -3.37. The molecule has 1 saturated heterocycles. The third-order valence-corrected chi connectivity index (χ3v) is 5.90. The van der Waals surface area contributed by atoms with Crippen molar-refractivity contribution in [2.75, 3.05) is 31.1 Å². The standard InChI is InChI=1S/C17H20N2O2S/c1-15-6-5-7-16(14-15)18-10-12-19(13-11-18)22(20,21)17-8-3-2-4-9-17/h2-9,14H,10-13H2,1H3. The average molecular weight is 316 g/mol. The predicted molar refractivity (Wildman–Crippen MR) is 88.6 cm³/mol. The lowest BCUT2D eigenvalue weighted by Crippen LogP contribution is -2.48. The van der Waals surface area contributed by atoms with Crippen molar-refractivity contribution < 1.29 is 8.42 Å². The topological polar surface area (TPSA) is 40.6 Å². The maximum absolute atomic E-state index is 12.6. The van der Waals surface area contributed by atoms with E-state index in [4.69, 9.17) is 0 Å². The van der Waals surface area contributed by atoms with Crippen LogP contribution in [0, 0.1) is 6.92 Å². The molecule has 0 unspecified atom stereocenters. The van der Waals surface area contributed by atoms with Gasteiger partial charge in [0.05, 0.1) is 4.90 Å². The van der Waals surface area contributed by atoms with E-state index in [1.807, 2.05) is 12.1 Å². The third-order valence-electron chi connectivity index (χ3n) is 3.99. The van der Waals surface area contributed by atoms with Crippen LogP contribution in [0.25, 0.3) is 0 Å². The summed E-state index contributed by atoms with van der Waals surface area (Å²) in [4.78, 5) is 2.61. The number of hydrogen-bond acceptors (Lipinski definition) is 3. The summed E-state index contributed by atoms with van der Waals surface area (Å²) in [5.41, 5.74) is 2.38. The Balaban J connectivity index is 1.72. The van der Waals surface area contributed by atoms with Crippen LogP contribution in [0.5, 0.6) is 0 Å². The van der Waals surface area contributed by atoms with Crippen LogP contribution in [-0.4, -0.2) is 38.9 Å². The van der Waals surface area contributed by atoms with E-state index < -0.39 is 10.0 Å². The smallest absolute Gasteiger partial charge is 0.243 e. The summed E-state index contributed by atoms with van der Waals surface area (Å²) in [5, 5.41) is 0. The molecule has 1 aliphatic rings. The van der Waals surface area contributed by atoms with E-state index >= 15 is 0 Å². The van der Waals surface area contributed by atoms with Crippen molar-refractivity contribution in [1.82, 2.24) is 4.31 Å². The molecule has 0 bridgehead atoms. The Kier molecular flexibility index (Phi) is 4.18. The summed E-state index contributed by atoms with van der Waals surface area (Å²) in [6, 6.07) is 17.0. The van der Waals surface area contributed by atoms with E-state index in [1.54, 1.807) is 28.6 Å². The second-order valence-electron chi connectivity index (χ2n) is 5.54. The summed E-state index contributed by atoms with van der Waals surface area (Å²) >= 11 is 0. The molecule has 0 atom stereocenters. The zero-order valence-electron chi connectivity index (χ0n) is 12.6. The minimum Gasteiger partial charge on any atom is -0.369 e. The Labute approximate surface area is 132 Å². The monoisotopic (exact) mass is 316 g/mol. The van der Waals surface area contributed by atoms with Crippen LogP contribution >= 0.6 is 0 Å². The van der Waals surface area contributed by atoms with Crippen LogP contribution in [0.1, 0.15) is 5.56 Å². The lowest BCUT2D eigenvalue weighted by Gasteiger charge is -2.35. The van der Waals surface area contributed by atoms with Crippen molar-refractivity contribution in [3.8, 4) is 0 Å². The molecule has 1 heterocycles. The second-order valence-corrected chi connectivity index (χ2v) is 7.48. The first-order valence-corrected chi connectivity index (χ1v) is 8.88. The Bertz CT molecular complexity index is 736. The number of benzene rings is 2. The van der Waals surface area contributed by atoms with E-state index in [9.17, 15) is 8.42 Å². The van der Waals surface area contributed by atoms with Crippen LogP contribution in [-0.2, 0) is 10.0 Å². The van der Waals surface area contributed by atoms with Crippen LogP contribution < -0.4 is 4.90 Å². The average Bonchev–Trinajstić information content (AvgIpc) is 2.56. The van der Waals surface area contributed by atoms with Gasteiger partial charge in [-0.25, -0.2) is 8.42 Å². The van der Waals surface area contributed by atoms with Crippen molar-refractivity contribution in [2.45, 2.75) is 11.8 Å². The fraction of sp³-hybridized carbons (Fsp3) is 0.294. The highest BCUT2D eigenvalue weighted by atomic mass is 32.2. The third kappa shape index (κ3) is 3.00. The normalized spacial score (nSPS) is 16.7. The quantitative estimate of drug-likeness (QED) is 0.873. The van der Waals surface area contributed by atoms with Crippen molar-refractivity contribution in [3.63, 3.8) is 0 Å². The number of nitrogens with zero attached hydrogens (tertiary/aromatic N) is 2. The summed E-state index contributed by atoms with van der Waals surface area (Å²) in [6.45, 7) is 4.54. The van der Waals surface area contributed by atoms with Gasteiger partial charge in [-0.2, -0.15) is 4.31 Å². The van der Waals surface area contributed by atoms with Gasteiger partial charge in [-0.3, -0.25) is 0 Å². The van der Waals surface area contributed by atoms with Gasteiger partial charge < -0.3 is 4.90 Å². The van der Waals surface area contributed by atoms with E-state index in [0.29, 0.717) is 18.0 Å². The van der Waals surface area contributed by atoms with E-state index in [-0.39, 0.29) is 0 Å². The predicted octanol–water partition coefficient (Wildman–Crippen LogP) is 2.51. The number of aryl methyl sites for hydroxylation is 1. The molecule has 22 heavy (non-hydrogen) atoms. The van der Waals surface area contributed by atoms with Crippen LogP contribution in [0.15, 0.2) is 59.5 Å². The van der Waals surface area contributed by atoms with Gasteiger partial charge in [0.15, 0.2) is 0 Å². The zero-order valence-corrected chi connectivity index (χ0v) is 13.5. The molecule has 4 nitrogen and oxygen atoms in total. The molecule has 0 radical (unpaired) electrons. The molecular formula is C17H20N2O2S. The molecule has 0 N–H and O–H groups in total. The largest absolute Gasteiger partial charge is 0.369 e. The second kappa shape index (κ2) is 6.10. The molecule has 1 fully saturated rings. The highest BCUT2D eigenvalue weighted by Crippen LogP contribution is 2.21. The Morgan fingerprint density at radius 2 is 1.55 bits per heavy atom. The fourth-order valence-electron chi connectivity index (χ4n) is 2.75. The first-order chi connectivity index (χ1) is 10.6. The number of rotatable bonds is 3. The first-order valence-electron chi connectivity index (χ1n) is 7.44. The van der Waals surface area contributed by atoms with Crippen molar-refractivity contribution in [2.24, 2.45) is 0 Å².